The zero-order valence-electron chi connectivity index (χ0n) is 8.52. The molecule has 2 N–H and O–H groups in total. The van der Waals surface area contributed by atoms with Crippen LogP contribution in [-0.4, -0.2) is 7.11 Å². The van der Waals surface area contributed by atoms with Crippen molar-refractivity contribution in [2.24, 2.45) is 5.73 Å². The summed E-state index contributed by atoms with van der Waals surface area (Å²) in [6.45, 7) is 0. The number of rotatable bonds is 2. The van der Waals surface area contributed by atoms with Crippen LogP contribution in [0.2, 0.25) is 0 Å². The zero-order chi connectivity index (χ0) is 11.1. The van der Waals surface area contributed by atoms with Crippen LogP contribution in [-0.2, 0) is 5.54 Å². The molecule has 1 aromatic rings. The number of benzene rings is 1. The van der Waals surface area contributed by atoms with Crippen LogP contribution in [0.3, 0.4) is 0 Å². The van der Waals surface area contributed by atoms with Crippen LogP contribution in [0.4, 0.5) is 4.39 Å². The summed E-state index contributed by atoms with van der Waals surface area (Å²) >= 11 is 3.34. The summed E-state index contributed by atoms with van der Waals surface area (Å²) in [6.07, 6.45) is 2.77. The highest BCUT2D eigenvalue weighted by Gasteiger charge is 2.37. The fourth-order valence-electron chi connectivity index (χ4n) is 1.89. The first-order valence-corrected chi connectivity index (χ1v) is 5.68. The van der Waals surface area contributed by atoms with E-state index in [2.05, 4.69) is 15.9 Å². The number of hydrogen-bond donors (Lipinski definition) is 1. The predicted octanol–water partition coefficient (Wildman–Crippen LogP) is 2.93. The van der Waals surface area contributed by atoms with E-state index in [1.165, 1.54) is 13.2 Å². The quantitative estimate of drug-likeness (QED) is 0.899. The normalized spacial score (nSPS) is 18.4. The van der Waals surface area contributed by atoms with Gasteiger partial charge in [0.1, 0.15) is 11.6 Å². The molecule has 82 valence electrons. The lowest BCUT2D eigenvalue weighted by Crippen LogP contribution is -2.44. The molecule has 1 fully saturated rings. The van der Waals surface area contributed by atoms with Gasteiger partial charge in [0.15, 0.2) is 0 Å². The number of nitrogens with two attached hydrogens (primary N) is 1. The molecule has 2 nitrogen and oxygen atoms in total. The first kappa shape index (κ1) is 10.9. The van der Waals surface area contributed by atoms with Crippen molar-refractivity contribution >= 4 is 15.9 Å². The van der Waals surface area contributed by atoms with E-state index in [0.29, 0.717) is 11.3 Å². The molecule has 0 unspecified atom stereocenters. The van der Waals surface area contributed by atoms with Gasteiger partial charge in [-0.05, 0) is 41.3 Å². The van der Waals surface area contributed by atoms with E-state index in [-0.39, 0.29) is 5.82 Å². The zero-order valence-corrected chi connectivity index (χ0v) is 10.1. The predicted molar refractivity (Wildman–Crippen MR) is 60.4 cm³/mol. The Morgan fingerprint density at radius 3 is 2.60 bits per heavy atom. The second-order valence-corrected chi connectivity index (χ2v) is 4.83. The van der Waals surface area contributed by atoms with Crippen LogP contribution in [0, 0.1) is 5.82 Å². The highest BCUT2D eigenvalue weighted by molar-refractivity contribution is 9.10. The van der Waals surface area contributed by atoms with Gasteiger partial charge in [0.2, 0.25) is 0 Å². The molecule has 4 heteroatoms. The van der Waals surface area contributed by atoms with Crippen molar-refractivity contribution < 1.29 is 9.13 Å². The molecule has 15 heavy (non-hydrogen) atoms. The molecule has 1 aromatic carbocycles. The SMILES string of the molecule is COc1cc(F)c(C2(N)CCC2)cc1Br. The Morgan fingerprint density at radius 2 is 2.13 bits per heavy atom. The molecule has 1 aliphatic carbocycles. The molecule has 0 aromatic heterocycles. The Morgan fingerprint density at radius 1 is 1.47 bits per heavy atom. The van der Waals surface area contributed by atoms with Crippen molar-refractivity contribution in [1.29, 1.82) is 0 Å². The van der Waals surface area contributed by atoms with E-state index in [1.807, 2.05) is 0 Å². The van der Waals surface area contributed by atoms with E-state index < -0.39 is 5.54 Å². The van der Waals surface area contributed by atoms with Crippen molar-refractivity contribution in [3.8, 4) is 5.75 Å². The van der Waals surface area contributed by atoms with E-state index >= 15 is 0 Å². The van der Waals surface area contributed by atoms with Crippen LogP contribution in [0.15, 0.2) is 16.6 Å². The van der Waals surface area contributed by atoms with Gasteiger partial charge in [-0.25, -0.2) is 4.39 Å². The number of ether oxygens (including phenoxy) is 1. The molecule has 0 saturated heterocycles. The van der Waals surface area contributed by atoms with Crippen LogP contribution < -0.4 is 10.5 Å². The van der Waals surface area contributed by atoms with E-state index in [9.17, 15) is 4.39 Å². The Bertz CT molecular complexity index is 390. The molecule has 0 spiro atoms. The van der Waals surface area contributed by atoms with Crippen molar-refractivity contribution in [2.75, 3.05) is 7.11 Å². The molecule has 0 heterocycles. The van der Waals surface area contributed by atoms with Crippen molar-refractivity contribution in [3.63, 3.8) is 0 Å². The van der Waals surface area contributed by atoms with Gasteiger partial charge in [0, 0.05) is 17.2 Å². The van der Waals surface area contributed by atoms with Crippen LogP contribution in [0.5, 0.6) is 5.75 Å². The Balaban J connectivity index is 2.45. The summed E-state index contributed by atoms with van der Waals surface area (Å²) < 4.78 is 19.5. The average molecular weight is 274 g/mol. The fraction of sp³-hybridized carbons (Fsp3) is 0.455. The van der Waals surface area contributed by atoms with E-state index in [0.717, 1.165) is 23.7 Å². The van der Waals surface area contributed by atoms with Gasteiger partial charge < -0.3 is 10.5 Å². The lowest BCUT2D eigenvalue weighted by atomic mass is 9.72. The maximum absolute atomic E-state index is 13.8. The third-order valence-electron chi connectivity index (χ3n) is 3.02. The summed E-state index contributed by atoms with van der Waals surface area (Å²) in [4.78, 5) is 0. The second-order valence-electron chi connectivity index (χ2n) is 3.98. The molecule has 1 saturated carbocycles. The summed E-state index contributed by atoms with van der Waals surface area (Å²) in [7, 11) is 1.51. The van der Waals surface area contributed by atoms with Gasteiger partial charge in [-0.15, -0.1) is 0 Å². The largest absolute Gasteiger partial charge is 0.495 e. The minimum atomic E-state index is -0.473. The fourth-order valence-corrected chi connectivity index (χ4v) is 2.40. The monoisotopic (exact) mass is 273 g/mol. The van der Waals surface area contributed by atoms with E-state index in [1.54, 1.807) is 6.07 Å². The topological polar surface area (TPSA) is 35.2 Å². The maximum Gasteiger partial charge on any atom is 0.135 e. The van der Waals surface area contributed by atoms with Gasteiger partial charge in [0.05, 0.1) is 11.6 Å². The minimum Gasteiger partial charge on any atom is -0.495 e. The highest BCUT2D eigenvalue weighted by atomic mass is 79.9. The first-order valence-electron chi connectivity index (χ1n) is 4.89. The van der Waals surface area contributed by atoms with E-state index in [4.69, 9.17) is 10.5 Å². The van der Waals surface area contributed by atoms with Crippen LogP contribution in [0.25, 0.3) is 0 Å². The van der Waals surface area contributed by atoms with Gasteiger partial charge in [-0.1, -0.05) is 0 Å². The molecule has 0 radical (unpaired) electrons. The standard InChI is InChI=1S/C11H13BrFNO/c1-15-10-6-9(13)7(5-8(10)12)11(14)3-2-4-11/h5-6H,2-4,14H2,1H3. The van der Waals surface area contributed by atoms with Crippen molar-refractivity contribution in [3.05, 3.63) is 28.0 Å². The molecule has 0 amide bonds. The Kier molecular flexibility index (Phi) is 2.73. The molecular formula is C11H13BrFNO. The molecule has 0 bridgehead atoms. The lowest BCUT2D eigenvalue weighted by molar-refractivity contribution is 0.244. The Labute approximate surface area is 96.7 Å². The first-order chi connectivity index (χ1) is 7.07. The van der Waals surface area contributed by atoms with Gasteiger partial charge in [0.25, 0.3) is 0 Å². The summed E-state index contributed by atoms with van der Waals surface area (Å²) in [5.74, 6) is 0.219. The van der Waals surface area contributed by atoms with Gasteiger partial charge in [-0.2, -0.15) is 0 Å². The van der Waals surface area contributed by atoms with Gasteiger partial charge >= 0.3 is 0 Å². The summed E-state index contributed by atoms with van der Waals surface area (Å²) in [6, 6.07) is 3.11. The molecule has 0 aliphatic heterocycles. The smallest absolute Gasteiger partial charge is 0.135 e. The lowest BCUT2D eigenvalue weighted by Gasteiger charge is -2.38. The summed E-state index contributed by atoms with van der Waals surface area (Å²) in [5, 5.41) is 0. The number of halogens is 2. The van der Waals surface area contributed by atoms with Crippen LogP contribution >= 0.6 is 15.9 Å². The number of hydrogen-bond acceptors (Lipinski definition) is 2. The molecular weight excluding hydrogens is 261 g/mol. The third-order valence-corrected chi connectivity index (χ3v) is 3.64. The van der Waals surface area contributed by atoms with Crippen molar-refractivity contribution in [1.82, 2.24) is 0 Å². The maximum atomic E-state index is 13.8. The Hall–Kier alpha value is -0.610. The van der Waals surface area contributed by atoms with Crippen molar-refractivity contribution in [2.45, 2.75) is 24.8 Å². The summed E-state index contributed by atoms with van der Waals surface area (Å²) in [5.41, 5.74) is 6.20. The average Bonchev–Trinajstić information content (AvgIpc) is 2.17. The van der Waals surface area contributed by atoms with Crippen LogP contribution in [0.1, 0.15) is 24.8 Å². The van der Waals surface area contributed by atoms with Gasteiger partial charge in [-0.3, -0.25) is 0 Å². The molecule has 1 aliphatic rings. The minimum absolute atomic E-state index is 0.280. The number of methoxy groups -OCH3 is 1. The molecule has 2 rings (SSSR count). The third kappa shape index (κ3) is 1.76. The highest BCUT2D eigenvalue weighted by Crippen LogP contribution is 2.42. The second kappa shape index (κ2) is 3.76. The molecule has 0 atom stereocenters.